The van der Waals surface area contributed by atoms with Crippen molar-refractivity contribution in [2.75, 3.05) is 4.90 Å². The minimum Gasteiger partial charge on any atom is -0.449 e. The topological polar surface area (TPSA) is 89.7 Å². The van der Waals surface area contributed by atoms with Crippen LogP contribution in [0.5, 0.6) is 0 Å². The fraction of sp³-hybridized carbons (Fsp3) is 0.263. The second-order valence-electron chi connectivity index (χ2n) is 6.25. The summed E-state index contributed by atoms with van der Waals surface area (Å²) >= 11 is 0. The molecular formula is C19H18N2O5. The number of fused-ring (bicyclic) bond motifs is 1. The number of hydrogen-bond acceptors (Lipinski definition) is 5. The van der Waals surface area contributed by atoms with Crippen LogP contribution in [0.4, 0.5) is 11.4 Å². The summed E-state index contributed by atoms with van der Waals surface area (Å²) < 4.78 is 5.26. The van der Waals surface area contributed by atoms with Gasteiger partial charge in [0.2, 0.25) is 0 Å². The van der Waals surface area contributed by atoms with Gasteiger partial charge >= 0.3 is 5.97 Å². The van der Waals surface area contributed by atoms with Crippen molar-refractivity contribution in [3.8, 4) is 0 Å². The van der Waals surface area contributed by atoms with Crippen molar-refractivity contribution in [3.05, 3.63) is 69.8 Å². The summed E-state index contributed by atoms with van der Waals surface area (Å²) in [4.78, 5) is 36.9. The molecule has 0 saturated heterocycles. The number of esters is 1. The first kappa shape index (κ1) is 17.6. The third-order valence-corrected chi connectivity index (χ3v) is 4.37. The third-order valence-electron chi connectivity index (χ3n) is 4.37. The number of anilines is 1. The van der Waals surface area contributed by atoms with Crippen LogP contribution in [0.1, 0.15) is 29.8 Å². The second kappa shape index (κ2) is 6.95. The van der Waals surface area contributed by atoms with E-state index in [1.807, 2.05) is 31.2 Å². The lowest BCUT2D eigenvalue weighted by Crippen LogP contribution is -2.43. The monoisotopic (exact) mass is 354 g/mol. The van der Waals surface area contributed by atoms with Gasteiger partial charge in [-0.15, -0.1) is 0 Å². The summed E-state index contributed by atoms with van der Waals surface area (Å²) in [6.07, 6.45) is -0.261. The minimum absolute atomic E-state index is 0.0288. The molecule has 1 aliphatic heterocycles. The van der Waals surface area contributed by atoms with Gasteiger partial charge in [0.1, 0.15) is 0 Å². The Balaban J connectivity index is 1.75. The summed E-state index contributed by atoms with van der Waals surface area (Å²) in [5, 5.41) is 10.8. The Bertz CT molecular complexity index is 880. The molecule has 134 valence electrons. The van der Waals surface area contributed by atoms with Crippen LogP contribution in [-0.2, 0) is 16.0 Å². The molecule has 0 aromatic heterocycles. The van der Waals surface area contributed by atoms with Gasteiger partial charge in [0.25, 0.3) is 11.6 Å². The fourth-order valence-electron chi connectivity index (χ4n) is 3.12. The van der Waals surface area contributed by atoms with Gasteiger partial charge in [-0.05, 0) is 38.0 Å². The molecule has 2 atom stereocenters. The summed E-state index contributed by atoms with van der Waals surface area (Å²) in [6.45, 7) is 3.44. The van der Waals surface area contributed by atoms with Crippen molar-refractivity contribution in [1.82, 2.24) is 0 Å². The highest BCUT2D eigenvalue weighted by molar-refractivity contribution is 6.01. The van der Waals surface area contributed by atoms with Crippen molar-refractivity contribution in [1.29, 1.82) is 0 Å². The Morgan fingerprint density at radius 3 is 2.69 bits per heavy atom. The molecule has 7 heteroatoms. The van der Waals surface area contributed by atoms with E-state index in [1.165, 1.54) is 25.1 Å². The van der Waals surface area contributed by atoms with Crippen LogP contribution >= 0.6 is 0 Å². The number of hydrogen-bond donors (Lipinski definition) is 0. The molecule has 3 rings (SSSR count). The van der Waals surface area contributed by atoms with Crippen molar-refractivity contribution in [3.63, 3.8) is 0 Å². The highest BCUT2D eigenvalue weighted by Crippen LogP contribution is 2.32. The van der Waals surface area contributed by atoms with Crippen LogP contribution < -0.4 is 4.90 Å². The molecule has 0 unspecified atom stereocenters. The lowest BCUT2D eigenvalue weighted by atomic mass is 10.1. The van der Waals surface area contributed by atoms with E-state index in [0.717, 1.165) is 23.7 Å². The third kappa shape index (κ3) is 3.28. The average molecular weight is 354 g/mol. The van der Waals surface area contributed by atoms with Gasteiger partial charge in [0, 0.05) is 23.9 Å². The summed E-state index contributed by atoms with van der Waals surface area (Å²) in [5.74, 6) is -1.09. The van der Waals surface area contributed by atoms with E-state index in [-0.39, 0.29) is 23.2 Å². The van der Waals surface area contributed by atoms with Gasteiger partial charge in [0.15, 0.2) is 6.10 Å². The molecule has 1 heterocycles. The average Bonchev–Trinajstić information content (AvgIpc) is 2.96. The van der Waals surface area contributed by atoms with Gasteiger partial charge in [-0.2, -0.15) is 0 Å². The number of ether oxygens (including phenoxy) is 1. The van der Waals surface area contributed by atoms with Crippen molar-refractivity contribution < 1.29 is 19.2 Å². The van der Waals surface area contributed by atoms with Crippen molar-refractivity contribution >= 4 is 23.3 Å². The van der Waals surface area contributed by atoms with Gasteiger partial charge in [-0.1, -0.05) is 24.3 Å². The molecule has 1 aliphatic rings. The number of nitrogens with zero attached hydrogens (tertiary/aromatic N) is 2. The number of carbonyl (C=O) groups excluding carboxylic acids is 2. The smallest absolute Gasteiger partial charge is 0.339 e. The first-order valence-electron chi connectivity index (χ1n) is 8.25. The Kier molecular flexibility index (Phi) is 4.71. The zero-order valence-electron chi connectivity index (χ0n) is 14.4. The van der Waals surface area contributed by atoms with Gasteiger partial charge in [-0.25, -0.2) is 4.79 Å². The molecule has 0 bridgehead atoms. The SMILES string of the molecule is C[C@@H](OC(=O)c1cccc([N+](=O)[O-])c1)C(=O)N1c2ccccc2C[C@@H]1C. The number of nitro benzene ring substituents is 1. The van der Waals surface area contributed by atoms with E-state index in [0.29, 0.717) is 0 Å². The molecule has 0 radical (unpaired) electrons. The van der Waals surface area contributed by atoms with E-state index < -0.39 is 17.0 Å². The first-order valence-corrected chi connectivity index (χ1v) is 8.25. The first-order chi connectivity index (χ1) is 12.4. The van der Waals surface area contributed by atoms with Crippen molar-refractivity contribution in [2.24, 2.45) is 0 Å². The van der Waals surface area contributed by atoms with Crippen LogP contribution in [0, 0.1) is 10.1 Å². The molecule has 0 spiro atoms. The molecule has 0 aliphatic carbocycles. The zero-order valence-corrected chi connectivity index (χ0v) is 14.4. The number of nitro groups is 1. The van der Waals surface area contributed by atoms with Gasteiger partial charge < -0.3 is 9.64 Å². The van der Waals surface area contributed by atoms with Crippen LogP contribution in [0.3, 0.4) is 0 Å². The quantitative estimate of drug-likeness (QED) is 0.478. The molecule has 2 aromatic rings. The van der Waals surface area contributed by atoms with Gasteiger partial charge in [0.05, 0.1) is 10.5 Å². The Morgan fingerprint density at radius 2 is 1.96 bits per heavy atom. The number of para-hydroxylation sites is 1. The summed E-state index contributed by atoms with van der Waals surface area (Å²) in [5.41, 5.74) is 1.73. The predicted molar refractivity (Wildman–Crippen MR) is 95.1 cm³/mol. The van der Waals surface area contributed by atoms with Crippen LogP contribution in [-0.4, -0.2) is 28.9 Å². The maximum atomic E-state index is 12.8. The number of rotatable bonds is 4. The number of benzene rings is 2. The Hall–Kier alpha value is -3.22. The molecule has 0 saturated carbocycles. The number of amides is 1. The second-order valence-corrected chi connectivity index (χ2v) is 6.25. The number of carbonyl (C=O) groups is 2. The lowest BCUT2D eigenvalue weighted by Gasteiger charge is -2.25. The van der Waals surface area contributed by atoms with Crippen LogP contribution in [0.15, 0.2) is 48.5 Å². The molecule has 1 amide bonds. The van der Waals surface area contributed by atoms with E-state index in [1.54, 1.807) is 4.90 Å². The Labute approximate surface area is 150 Å². The molecule has 0 N–H and O–H groups in total. The lowest BCUT2D eigenvalue weighted by molar-refractivity contribution is -0.384. The Morgan fingerprint density at radius 1 is 1.23 bits per heavy atom. The highest BCUT2D eigenvalue weighted by atomic mass is 16.6. The van der Waals surface area contributed by atoms with E-state index in [9.17, 15) is 19.7 Å². The minimum atomic E-state index is -1.00. The molecule has 2 aromatic carbocycles. The highest BCUT2D eigenvalue weighted by Gasteiger charge is 2.34. The van der Waals surface area contributed by atoms with Crippen LogP contribution in [0.2, 0.25) is 0 Å². The van der Waals surface area contributed by atoms with E-state index in [4.69, 9.17) is 4.74 Å². The predicted octanol–water partition coefficient (Wildman–Crippen LogP) is 3.12. The normalized spacial score (nSPS) is 16.7. The number of non-ortho nitro benzene ring substituents is 1. The maximum absolute atomic E-state index is 12.8. The molecule has 26 heavy (non-hydrogen) atoms. The van der Waals surface area contributed by atoms with Crippen LogP contribution in [0.25, 0.3) is 0 Å². The molecule has 0 fully saturated rings. The summed E-state index contributed by atoms with van der Waals surface area (Å²) in [7, 11) is 0. The fourth-order valence-corrected chi connectivity index (χ4v) is 3.12. The standard InChI is InChI=1S/C19H18N2O5/c1-12-10-14-6-3-4-9-17(14)20(12)18(22)13(2)26-19(23)15-7-5-8-16(11-15)21(24)25/h3-9,11-13H,10H2,1-2H3/t12-,13+/m0/s1. The van der Waals surface area contributed by atoms with E-state index >= 15 is 0 Å². The zero-order chi connectivity index (χ0) is 18.8. The largest absolute Gasteiger partial charge is 0.449 e. The van der Waals surface area contributed by atoms with E-state index in [2.05, 4.69) is 0 Å². The summed E-state index contributed by atoms with van der Waals surface area (Å²) in [6, 6.07) is 12.8. The molecule has 7 nitrogen and oxygen atoms in total. The maximum Gasteiger partial charge on any atom is 0.339 e. The van der Waals surface area contributed by atoms with Gasteiger partial charge in [-0.3, -0.25) is 14.9 Å². The van der Waals surface area contributed by atoms with Crippen molar-refractivity contribution in [2.45, 2.75) is 32.4 Å². The molecular weight excluding hydrogens is 336 g/mol.